The average Bonchev–Trinajstić information content (AvgIpc) is 3.01. The largest absolute Gasteiger partial charge is 0.391 e. The Morgan fingerprint density at radius 3 is 2.77 bits per heavy atom. The second-order valence-corrected chi connectivity index (χ2v) is 7.45. The minimum atomic E-state index is -0.311. The molecule has 1 fully saturated rings. The number of aliphatic hydroxyl groups is 1. The zero-order valence-electron chi connectivity index (χ0n) is 13.2. The zero-order chi connectivity index (χ0) is 15.4. The molecule has 3 unspecified atom stereocenters. The summed E-state index contributed by atoms with van der Waals surface area (Å²) in [5.41, 5.74) is 1.21. The third-order valence-corrected chi connectivity index (χ3v) is 5.74. The molecule has 1 aliphatic carbocycles. The van der Waals surface area contributed by atoms with Crippen LogP contribution in [0.3, 0.4) is 0 Å². The quantitative estimate of drug-likeness (QED) is 0.854. The summed E-state index contributed by atoms with van der Waals surface area (Å²) in [6, 6.07) is 15.4. The molecule has 0 heterocycles. The number of benzene rings is 2. The molecule has 22 heavy (non-hydrogen) atoms. The summed E-state index contributed by atoms with van der Waals surface area (Å²) >= 11 is 1.97. The number of rotatable bonds is 6. The highest BCUT2D eigenvalue weighted by Gasteiger charge is 2.23. The van der Waals surface area contributed by atoms with Gasteiger partial charge in [0.1, 0.15) is 0 Å². The van der Waals surface area contributed by atoms with Crippen molar-refractivity contribution in [3.8, 4) is 0 Å². The van der Waals surface area contributed by atoms with E-state index in [0.29, 0.717) is 12.6 Å². The minimum absolute atomic E-state index is 0.311. The Kier molecular flexibility index (Phi) is 5.40. The van der Waals surface area contributed by atoms with Gasteiger partial charge in [-0.1, -0.05) is 42.5 Å². The van der Waals surface area contributed by atoms with Gasteiger partial charge in [-0.3, -0.25) is 0 Å². The van der Waals surface area contributed by atoms with E-state index in [0.717, 1.165) is 11.7 Å². The van der Waals surface area contributed by atoms with Crippen molar-refractivity contribution in [2.45, 2.75) is 43.1 Å². The molecular formula is C19H25NOS. The molecular weight excluding hydrogens is 290 g/mol. The fraction of sp³-hybridized carbons (Fsp3) is 0.474. The van der Waals surface area contributed by atoms with Crippen LogP contribution in [0.1, 0.15) is 24.8 Å². The van der Waals surface area contributed by atoms with Gasteiger partial charge in [-0.25, -0.2) is 0 Å². The molecule has 0 spiro atoms. The van der Waals surface area contributed by atoms with E-state index < -0.39 is 0 Å². The molecule has 3 atom stereocenters. The number of fused-ring (bicyclic) bond motifs is 1. The lowest BCUT2D eigenvalue weighted by Gasteiger charge is -2.17. The Morgan fingerprint density at radius 1 is 1.18 bits per heavy atom. The van der Waals surface area contributed by atoms with Crippen LogP contribution in [0.4, 0.5) is 0 Å². The average molecular weight is 315 g/mol. The summed E-state index contributed by atoms with van der Waals surface area (Å²) < 4.78 is 0. The van der Waals surface area contributed by atoms with Crippen molar-refractivity contribution in [2.24, 2.45) is 0 Å². The van der Waals surface area contributed by atoms with Crippen molar-refractivity contribution in [2.75, 3.05) is 12.8 Å². The second-order valence-electron chi connectivity index (χ2n) is 6.32. The predicted octanol–water partition coefficient (Wildman–Crippen LogP) is 3.62. The van der Waals surface area contributed by atoms with Crippen LogP contribution in [-0.2, 0) is 6.42 Å². The molecule has 118 valence electrons. The summed E-state index contributed by atoms with van der Waals surface area (Å²) in [7, 11) is 0. The summed E-state index contributed by atoms with van der Waals surface area (Å²) in [4.78, 5) is 0. The van der Waals surface area contributed by atoms with E-state index in [1.54, 1.807) is 0 Å². The first kappa shape index (κ1) is 15.9. The highest BCUT2D eigenvalue weighted by molar-refractivity contribution is 7.99. The highest BCUT2D eigenvalue weighted by atomic mass is 32.2. The van der Waals surface area contributed by atoms with E-state index in [1.165, 1.54) is 35.6 Å². The maximum atomic E-state index is 10.3. The van der Waals surface area contributed by atoms with Gasteiger partial charge >= 0.3 is 0 Å². The lowest BCUT2D eigenvalue weighted by Crippen LogP contribution is -2.35. The number of hydrogen-bond donors (Lipinski definition) is 2. The van der Waals surface area contributed by atoms with Gasteiger partial charge < -0.3 is 10.4 Å². The molecule has 1 saturated carbocycles. The Morgan fingerprint density at radius 2 is 2.00 bits per heavy atom. The molecule has 1 aliphatic rings. The van der Waals surface area contributed by atoms with Crippen LogP contribution >= 0.6 is 11.8 Å². The maximum Gasteiger partial charge on any atom is 0.0704 e. The van der Waals surface area contributed by atoms with Gasteiger partial charge in [0, 0.05) is 17.8 Å². The third kappa shape index (κ3) is 4.03. The topological polar surface area (TPSA) is 32.3 Å². The van der Waals surface area contributed by atoms with Crippen molar-refractivity contribution in [1.82, 2.24) is 5.32 Å². The van der Waals surface area contributed by atoms with E-state index in [-0.39, 0.29) is 6.10 Å². The number of thioether (sulfide) groups is 1. The molecule has 0 aromatic heterocycles. The first-order valence-corrected chi connectivity index (χ1v) is 9.45. The van der Waals surface area contributed by atoms with E-state index in [2.05, 4.69) is 54.0 Å². The van der Waals surface area contributed by atoms with Crippen LogP contribution in [0.15, 0.2) is 42.5 Å². The molecule has 0 radical (unpaired) electrons. The van der Waals surface area contributed by atoms with Crippen molar-refractivity contribution in [1.29, 1.82) is 0 Å². The Hall–Kier alpha value is -1.03. The Labute approximate surface area is 137 Å². The smallest absolute Gasteiger partial charge is 0.0704 e. The van der Waals surface area contributed by atoms with Crippen LogP contribution in [0, 0.1) is 0 Å². The van der Waals surface area contributed by atoms with Crippen LogP contribution < -0.4 is 5.32 Å². The Balaban J connectivity index is 1.51. The molecule has 2 nitrogen and oxygen atoms in total. The van der Waals surface area contributed by atoms with E-state index in [1.807, 2.05) is 11.8 Å². The first-order valence-electron chi connectivity index (χ1n) is 8.16. The molecule has 0 aliphatic heterocycles. The summed E-state index contributed by atoms with van der Waals surface area (Å²) in [6.07, 6.45) is 6.39. The SMILES string of the molecule is CSC1CCC(NCC(O)Cc2ccc3ccccc3c2)C1. The van der Waals surface area contributed by atoms with Crippen LogP contribution in [0.25, 0.3) is 10.8 Å². The van der Waals surface area contributed by atoms with Crippen LogP contribution in [-0.4, -0.2) is 35.3 Å². The maximum absolute atomic E-state index is 10.3. The number of nitrogens with one attached hydrogen (secondary N) is 1. The van der Waals surface area contributed by atoms with E-state index in [9.17, 15) is 5.11 Å². The van der Waals surface area contributed by atoms with Gasteiger partial charge in [-0.15, -0.1) is 0 Å². The number of hydrogen-bond acceptors (Lipinski definition) is 3. The molecule has 0 saturated heterocycles. The van der Waals surface area contributed by atoms with Crippen molar-refractivity contribution >= 4 is 22.5 Å². The highest BCUT2D eigenvalue weighted by Crippen LogP contribution is 2.28. The van der Waals surface area contributed by atoms with Crippen molar-refractivity contribution in [3.63, 3.8) is 0 Å². The van der Waals surface area contributed by atoms with Gasteiger partial charge in [-0.05, 0) is 48.3 Å². The standard InChI is InChI=1S/C19H25NOS/c1-22-19-9-8-17(12-19)20-13-18(21)11-14-6-7-15-4-2-3-5-16(15)10-14/h2-7,10,17-21H,8-9,11-13H2,1H3. The Bertz CT molecular complexity index is 615. The van der Waals surface area contributed by atoms with Gasteiger partial charge in [0.2, 0.25) is 0 Å². The lowest BCUT2D eigenvalue weighted by atomic mass is 10.0. The molecule has 2 aromatic carbocycles. The normalized spacial score (nSPS) is 23.0. The molecule has 2 aromatic rings. The summed E-state index contributed by atoms with van der Waals surface area (Å²) in [6.45, 7) is 0.693. The second kappa shape index (κ2) is 7.49. The monoisotopic (exact) mass is 315 g/mol. The number of aliphatic hydroxyl groups excluding tert-OH is 1. The molecule has 0 bridgehead atoms. The lowest BCUT2D eigenvalue weighted by molar-refractivity contribution is 0.167. The van der Waals surface area contributed by atoms with Crippen LogP contribution in [0.2, 0.25) is 0 Å². The fourth-order valence-corrected chi connectivity index (χ4v) is 4.15. The summed E-state index contributed by atoms with van der Waals surface area (Å²) in [5, 5.41) is 17.1. The molecule has 3 rings (SSSR count). The van der Waals surface area contributed by atoms with Crippen molar-refractivity contribution in [3.05, 3.63) is 48.0 Å². The van der Waals surface area contributed by atoms with Gasteiger partial charge in [0.05, 0.1) is 6.10 Å². The molecule has 2 N–H and O–H groups in total. The molecule has 3 heteroatoms. The van der Waals surface area contributed by atoms with Crippen molar-refractivity contribution < 1.29 is 5.11 Å². The first-order chi connectivity index (χ1) is 10.7. The fourth-order valence-electron chi connectivity index (χ4n) is 3.35. The zero-order valence-corrected chi connectivity index (χ0v) is 14.0. The van der Waals surface area contributed by atoms with E-state index >= 15 is 0 Å². The van der Waals surface area contributed by atoms with Gasteiger partial charge in [0.25, 0.3) is 0 Å². The summed E-state index contributed by atoms with van der Waals surface area (Å²) in [5.74, 6) is 0. The predicted molar refractivity (Wildman–Crippen MR) is 96.6 cm³/mol. The van der Waals surface area contributed by atoms with Gasteiger partial charge in [-0.2, -0.15) is 11.8 Å². The third-order valence-electron chi connectivity index (χ3n) is 4.65. The van der Waals surface area contributed by atoms with E-state index in [4.69, 9.17) is 0 Å². The van der Waals surface area contributed by atoms with Gasteiger partial charge in [0.15, 0.2) is 0 Å². The minimum Gasteiger partial charge on any atom is -0.391 e. The molecule has 0 amide bonds. The van der Waals surface area contributed by atoms with Crippen LogP contribution in [0.5, 0.6) is 0 Å².